The number of nitrogens with zero attached hydrogens (tertiary/aromatic N) is 1. The minimum absolute atomic E-state index is 0.141. The fraction of sp³-hybridized carbons (Fsp3) is 0.545. The van der Waals surface area contributed by atoms with Crippen molar-refractivity contribution in [2.24, 2.45) is 0 Å². The largest absolute Gasteiger partial charge is 0.392 e. The topological polar surface area (TPSA) is 32.7 Å². The smallest absolute Gasteiger partial charge is 0.0730 e. The Balaban J connectivity index is 1.38. The van der Waals surface area contributed by atoms with Crippen molar-refractivity contribution in [1.82, 2.24) is 4.90 Å². The maximum atomic E-state index is 9.86. The average molecular weight is 339 g/mol. The van der Waals surface area contributed by atoms with Crippen molar-refractivity contribution < 1.29 is 9.84 Å². The molecule has 2 aromatic carbocycles. The summed E-state index contributed by atoms with van der Waals surface area (Å²) in [4.78, 5) is 2.46. The molecule has 0 bridgehead atoms. The van der Waals surface area contributed by atoms with Crippen molar-refractivity contribution in [2.45, 2.75) is 56.8 Å². The van der Waals surface area contributed by atoms with Gasteiger partial charge in [0.05, 0.1) is 18.8 Å². The number of β-amino-alcohol motifs (C(OH)–C–C–N with tert-alkyl or cyclic N) is 1. The van der Waals surface area contributed by atoms with Crippen molar-refractivity contribution in [3.8, 4) is 0 Å². The van der Waals surface area contributed by atoms with Gasteiger partial charge in [0.25, 0.3) is 0 Å². The molecule has 0 radical (unpaired) electrons. The van der Waals surface area contributed by atoms with Gasteiger partial charge in [0.1, 0.15) is 0 Å². The molecule has 0 amide bonds. The van der Waals surface area contributed by atoms with Gasteiger partial charge >= 0.3 is 0 Å². The van der Waals surface area contributed by atoms with Crippen LogP contribution in [0.4, 0.5) is 0 Å². The molecule has 1 heterocycles. The Morgan fingerprint density at radius 3 is 2.72 bits per heavy atom. The lowest BCUT2D eigenvalue weighted by Gasteiger charge is -2.37. The van der Waals surface area contributed by atoms with Crippen LogP contribution in [-0.4, -0.2) is 48.0 Å². The molecule has 134 valence electrons. The summed E-state index contributed by atoms with van der Waals surface area (Å²) >= 11 is 0. The molecular formula is C22H29NO2. The summed E-state index contributed by atoms with van der Waals surface area (Å²) in [6.07, 6.45) is 7.00. The first-order valence-corrected chi connectivity index (χ1v) is 9.81. The second kappa shape index (κ2) is 7.86. The lowest BCUT2D eigenvalue weighted by atomic mass is 9.91. The van der Waals surface area contributed by atoms with Crippen LogP contribution < -0.4 is 0 Å². The van der Waals surface area contributed by atoms with Crippen LogP contribution in [0.3, 0.4) is 0 Å². The van der Waals surface area contributed by atoms with E-state index in [1.165, 1.54) is 35.6 Å². The minimum Gasteiger partial charge on any atom is -0.392 e. The van der Waals surface area contributed by atoms with Gasteiger partial charge in [-0.05, 0) is 42.0 Å². The van der Waals surface area contributed by atoms with Gasteiger partial charge in [-0.2, -0.15) is 0 Å². The Morgan fingerprint density at radius 1 is 1.00 bits per heavy atom. The number of rotatable bonds is 5. The molecule has 1 aliphatic carbocycles. The van der Waals surface area contributed by atoms with E-state index in [9.17, 15) is 5.11 Å². The Kier molecular flexibility index (Phi) is 5.35. The first-order chi connectivity index (χ1) is 12.3. The number of hydrogen-bond acceptors (Lipinski definition) is 3. The molecule has 4 rings (SSSR count). The third-order valence-corrected chi connectivity index (χ3v) is 5.91. The highest BCUT2D eigenvalue weighted by atomic mass is 16.5. The molecule has 1 saturated heterocycles. The summed E-state index contributed by atoms with van der Waals surface area (Å²) in [6.45, 7) is 2.63. The van der Waals surface area contributed by atoms with Gasteiger partial charge in [0.15, 0.2) is 0 Å². The van der Waals surface area contributed by atoms with E-state index in [0.29, 0.717) is 12.1 Å². The zero-order valence-electron chi connectivity index (χ0n) is 14.9. The summed E-state index contributed by atoms with van der Waals surface area (Å²) in [5, 5.41) is 12.5. The zero-order chi connectivity index (χ0) is 17.1. The highest BCUT2D eigenvalue weighted by Gasteiger charge is 2.34. The van der Waals surface area contributed by atoms with Gasteiger partial charge in [0.2, 0.25) is 0 Å². The molecule has 0 spiro atoms. The van der Waals surface area contributed by atoms with Crippen LogP contribution >= 0.6 is 0 Å². The molecule has 25 heavy (non-hydrogen) atoms. The fourth-order valence-corrected chi connectivity index (χ4v) is 4.59. The molecule has 3 nitrogen and oxygen atoms in total. The molecule has 2 aliphatic rings. The summed E-state index contributed by atoms with van der Waals surface area (Å²) in [5.74, 6) is 0. The lowest BCUT2D eigenvalue weighted by Crippen LogP contribution is -2.46. The average Bonchev–Trinajstić information content (AvgIpc) is 3.08. The Morgan fingerprint density at radius 2 is 1.84 bits per heavy atom. The van der Waals surface area contributed by atoms with Crippen molar-refractivity contribution in [3.63, 3.8) is 0 Å². The van der Waals surface area contributed by atoms with Crippen molar-refractivity contribution >= 4 is 10.8 Å². The van der Waals surface area contributed by atoms with Crippen LogP contribution in [0.2, 0.25) is 0 Å². The first kappa shape index (κ1) is 17.0. The summed E-state index contributed by atoms with van der Waals surface area (Å²) in [6, 6.07) is 15.6. The second-order valence-corrected chi connectivity index (χ2v) is 7.59. The number of likely N-dealkylation sites (tertiary alicyclic amines) is 1. The van der Waals surface area contributed by atoms with Crippen LogP contribution in [0.15, 0.2) is 42.5 Å². The first-order valence-electron chi connectivity index (χ1n) is 9.81. The quantitative estimate of drug-likeness (QED) is 0.900. The minimum atomic E-state index is -0.141. The third kappa shape index (κ3) is 3.89. The second-order valence-electron chi connectivity index (χ2n) is 7.59. The molecule has 3 heteroatoms. The van der Waals surface area contributed by atoms with Crippen molar-refractivity contribution in [2.75, 3.05) is 19.7 Å². The number of ether oxygens (including phenoxy) is 1. The number of benzene rings is 2. The van der Waals surface area contributed by atoms with E-state index in [1.807, 2.05) is 0 Å². The number of aliphatic hydroxyl groups is 1. The Bertz CT molecular complexity index is 696. The van der Waals surface area contributed by atoms with E-state index in [2.05, 4.69) is 47.4 Å². The van der Waals surface area contributed by atoms with E-state index in [0.717, 1.165) is 39.0 Å². The van der Waals surface area contributed by atoms with Gasteiger partial charge < -0.3 is 9.84 Å². The van der Waals surface area contributed by atoms with E-state index in [4.69, 9.17) is 4.74 Å². The lowest BCUT2D eigenvalue weighted by molar-refractivity contribution is -0.0315. The van der Waals surface area contributed by atoms with Gasteiger partial charge in [-0.25, -0.2) is 0 Å². The van der Waals surface area contributed by atoms with E-state index in [-0.39, 0.29) is 6.10 Å². The molecule has 1 aliphatic heterocycles. The maximum Gasteiger partial charge on any atom is 0.0730 e. The molecule has 1 unspecified atom stereocenters. The summed E-state index contributed by atoms with van der Waals surface area (Å²) < 4.78 is 6.37. The normalized spacial score (nSPS) is 27.8. The molecular weight excluding hydrogens is 310 g/mol. The monoisotopic (exact) mass is 339 g/mol. The molecule has 2 fully saturated rings. The highest BCUT2D eigenvalue weighted by Crippen LogP contribution is 2.28. The Labute approximate surface area is 150 Å². The number of aliphatic hydroxyl groups excluding tert-OH is 1. The SMILES string of the molecule is OC1CCN([C@@H]2CCCC[C@H]2OCCc2cccc3ccccc23)C1. The van der Waals surface area contributed by atoms with Gasteiger partial charge in [-0.3, -0.25) is 4.90 Å². The molecule has 3 atom stereocenters. The summed E-state index contributed by atoms with van der Waals surface area (Å²) in [7, 11) is 0. The fourth-order valence-electron chi connectivity index (χ4n) is 4.59. The van der Waals surface area contributed by atoms with Crippen molar-refractivity contribution in [3.05, 3.63) is 48.0 Å². The number of fused-ring (bicyclic) bond motifs is 1. The van der Waals surface area contributed by atoms with Gasteiger partial charge in [-0.15, -0.1) is 0 Å². The molecule has 1 N–H and O–H groups in total. The van der Waals surface area contributed by atoms with Crippen LogP contribution in [0.25, 0.3) is 10.8 Å². The van der Waals surface area contributed by atoms with Crippen LogP contribution in [0.5, 0.6) is 0 Å². The zero-order valence-corrected chi connectivity index (χ0v) is 14.9. The third-order valence-electron chi connectivity index (χ3n) is 5.91. The highest BCUT2D eigenvalue weighted by molar-refractivity contribution is 5.85. The molecule has 1 saturated carbocycles. The van der Waals surface area contributed by atoms with Gasteiger partial charge in [0, 0.05) is 19.1 Å². The van der Waals surface area contributed by atoms with E-state index < -0.39 is 0 Å². The molecule has 2 aromatic rings. The van der Waals surface area contributed by atoms with Gasteiger partial charge in [-0.1, -0.05) is 55.3 Å². The Hall–Kier alpha value is -1.42. The van der Waals surface area contributed by atoms with Crippen LogP contribution in [0.1, 0.15) is 37.7 Å². The van der Waals surface area contributed by atoms with Crippen molar-refractivity contribution in [1.29, 1.82) is 0 Å². The summed E-state index contributed by atoms with van der Waals surface area (Å²) in [5.41, 5.74) is 1.38. The maximum absolute atomic E-state index is 9.86. The predicted molar refractivity (Wildman–Crippen MR) is 102 cm³/mol. The standard InChI is InChI=1S/C22H29NO2/c24-19-12-14-23(16-19)21-10-3-4-11-22(21)25-15-13-18-8-5-7-17-6-1-2-9-20(17)18/h1-2,5-9,19,21-22,24H,3-4,10-16H2/t19?,21-,22-/m1/s1. The predicted octanol–water partition coefficient (Wildman–Crippen LogP) is 3.78. The van der Waals surface area contributed by atoms with E-state index in [1.54, 1.807) is 0 Å². The van der Waals surface area contributed by atoms with Crippen LogP contribution in [0, 0.1) is 0 Å². The van der Waals surface area contributed by atoms with Crippen LogP contribution in [-0.2, 0) is 11.2 Å². The number of hydrogen-bond donors (Lipinski definition) is 1. The van der Waals surface area contributed by atoms with E-state index >= 15 is 0 Å². The molecule has 0 aromatic heterocycles.